The van der Waals surface area contributed by atoms with Crippen LogP contribution in [0.5, 0.6) is 0 Å². The number of piperazine rings is 1. The summed E-state index contributed by atoms with van der Waals surface area (Å²) in [5, 5.41) is 14.2. The summed E-state index contributed by atoms with van der Waals surface area (Å²) in [5.74, 6) is -0.156. The number of aryl methyl sites for hydroxylation is 1. The lowest BCUT2D eigenvalue weighted by molar-refractivity contribution is 0.0135. The van der Waals surface area contributed by atoms with Crippen LogP contribution in [-0.2, 0) is 7.05 Å². The van der Waals surface area contributed by atoms with Crippen LogP contribution in [0.25, 0.3) is 0 Å². The highest BCUT2D eigenvalue weighted by atomic mass is 16.3. The van der Waals surface area contributed by atoms with Crippen molar-refractivity contribution < 1.29 is 9.90 Å². The predicted molar refractivity (Wildman–Crippen MR) is 87.3 cm³/mol. The molecule has 0 bridgehead atoms. The molecule has 0 spiro atoms. The van der Waals surface area contributed by atoms with Gasteiger partial charge in [0, 0.05) is 45.8 Å². The first-order chi connectivity index (χ1) is 10.7. The number of carbonyl (C=O) groups excluding carboxylic acids is 1. The summed E-state index contributed by atoms with van der Waals surface area (Å²) in [6.45, 7) is 9.31. The predicted octanol–water partition coefficient (Wildman–Crippen LogP) is -0.0549. The van der Waals surface area contributed by atoms with E-state index in [1.165, 1.54) is 23.9 Å². The van der Waals surface area contributed by atoms with Crippen LogP contribution in [0.3, 0.4) is 0 Å². The van der Waals surface area contributed by atoms with Gasteiger partial charge in [0.25, 0.3) is 11.5 Å². The van der Waals surface area contributed by atoms with Gasteiger partial charge in [0.15, 0.2) is 0 Å². The van der Waals surface area contributed by atoms with E-state index in [4.69, 9.17) is 0 Å². The van der Waals surface area contributed by atoms with E-state index in [0.29, 0.717) is 19.6 Å². The Balaban J connectivity index is 1.92. The summed E-state index contributed by atoms with van der Waals surface area (Å²) in [5.41, 5.74) is -0.0936. The van der Waals surface area contributed by atoms with Gasteiger partial charge >= 0.3 is 0 Å². The summed E-state index contributed by atoms with van der Waals surface area (Å²) < 4.78 is 1.17. The molecule has 23 heavy (non-hydrogen) atoms. The molecule has 1 aliphatic rings. The topological polar surface area (TPSA) is 78.7 Å². The molecule has 0 radical (unpaired) electrons. The van der Waals surface area contributed by atoms with Crippen molar-refractivity contribution in [3.05, 3.63) is 28.2 Å². The Hall–Kier alpha value is -1.73. The standard InChI is InChI=1S/C16H26N4O3/c1-16(2,3)13(21)11-19-7-9-20(10-8-19)15(23)12-5-6-14(22)18(4)17-12/h5-6,13,21H,7-11H2,1-4H3/t13-/m1/s1. The number of amides is 1. The third kappa shape index (κ3) is 4.39. The molecule has 2 rings (SSSR count). The molecule has 1 aromatic heterocycles. The van der Waals surface area contributed by atoms with E-state index in [2.05, 4.69) is 10.00 Å². The van der Waals surface area contributed by atoms with Crippen LogP contribution in [0.2, 0.25) is 0 Å². The number of hydrogen-bond donors (Lipinski definition) is 1. The van der Waals surface area contributed by atoms with Crippen LogP contribution in [-0.4, -0.2) is 69.4 Å². The first-order valence-corrected chi connectivity index (χ1v) is 7.92. The monoisotopic (exact) mass is 322 g/mol. The van der Waals surface area contributed by atoms with Crippen LogP contribution in [0.1, 0.15) is 31.3 Å². The van der Waals surface area contributed by atoms with Gasteiger partial charge in [-0.3, -0.25) is 14.5 Å². The van der Waals surface area contributed by atoms with Crippen molar-refractivity contribution >= 4 is 5.91 Å². The van der Waals surface area contributed by atoms with Crippen LogP contribution in [0.15, 0.2) is 16.9 Å². The van der Waals surface area contributed by atoms with E-state index in [9.17, 15) is 14.7 Å². The summed E-state index contributed by atoms with van der Waals surface area (Å²) in [6, 6.07) is 2.83. The highest BCUT2D eigenvalue weighted by Crippen LogP contribution is 2.20. The van der Waals surface area contributed by atoms with E-state index >= 15 is 0 Å². The summed E-state index contributed by atoms with van der Waals surface area (Å²) in [6.07, 6.45) is -0.393. The number of nitrogens with zero attached hydrogens (tertiary/aromatic N) is 4. The van der Waals surface area contributed by atoms with Gasteiger partial charge in [0.2, 0.25) is 0 Å². The minimum atomic E-state index is -0.393. The minimum Gasteiger partial charge on any atom is -0.391 e. The number of rotatable bonds is 3. The Morgan fingerprint density at radius 1 is 1.26 bits per heavy atom. The van der Waals surface area contributed by atoms with Gasteiger partial charge in [-0.25, -0.2) is 4.68 Å². The van der Waals surface area contributed by atoms with Gasteiger partial charge < -0.3 is 10.0 Å². The molecule has 7 nitrogen and oxygen atoms in total. The lowest BCUT2D eigenvalue weighted by Crippen LogP contribution is -2.52. The summed E-state index contributed by atoms with van der Waals surface area (Å²) in [4.78, 5) is 27.7. The van der Waals surface area contributed by atoms with E-state index in [1.54, 1.807) is 4.90 Å². The lowest BCUT2D eigenvalue weighted by atomic mass is 9.89. The second-order valence-corrected chi connectivity index (χ2v) is 7.16. The Bertz CT molecular complexity index is 612. The molecule has 128 valence electrons. The molecule has 1 saturated heterocycles. The van der Waals surface area contributed by atoms with Gasteiger partial charge in [-0.05, 0) is 11.5 Å². The highest BCUT2D eigenvalue weighted by molar-refractivity contribution is 5.92. The quantitative estimate of drug-likeness (QED) is 0.844. The molecule has 1 N–H and O–H groups in total. The zero-order chi connectivity index (χ0) is 17.2. The van der Waals surface area contributed by atoms with Crippen LogP contribution >= 0.6 is 0 Å². The van der Waals surface area contributed by atoms with Gasteiger partial charge in [0.05, 0.1) is 6.10 Å². The fourth-order valence-corrected chi connectivity index (χ4v) is 2.43. The molecule has 0 unspecified atom stereocenters. The maximum Gasteiger partial charge on any atom is 0.274 e. The van der Waals surface area contributed by atoms with E-state index in [-0.39, 0.29) is 22.6 Å². The van der Waals surface area contributed by atoms with Crippen LogP contribution in [0, 0.1) is 5.41 Å². The van der Waals surface area contributed by atoms with E-state index in [1.807, 2.05) is 20.8 Å². The molecular formula is C16H26N4O3. The van der Waals surface area contributed by atoms with E-state index in [0.717, 1.165) is 13.1 Å². The first kappa shape index (κ1) is 17.6. The molecule has 1 aromatic rings. The Labute approximate surface area is 136 Å². The van der Waals surface area contributed by atoms with Crippen molar-refractivity contribution in [2.45, 2.75) is 26.9 Å². The van der Waals surface area contributed by atoms with Gasteiger partial charge in [-0.2, -0.15) is 5.10 Å². The highest BCUT2D eigenvalue weighted by Gasteiger charge is 2.28. The van der Waals surface area contributed by atoms with Crippen LogP contribution < -0.4 is 5.56 Å². The second-order valence-electron chi connectivity index (χ2n) is 7.16. The molecule has 7 heteroatoms. The minimum absolute atomic E-state index is 0.147. The third-order valence-electron chi connectivity index (χ3n) is 4.27. The van der Waals surface area contributed by atoms with Gasteiger partial charge in [0.1, 0.15) is 5.69 Å². The van der Waals surface area contributed by atoms with Crippen molar-refractivity contribution in [2.24, 2.45) is 12.5 Å². The zero-order valence-corrected chi connectivity index (χ0v) is 14.3. The molecule has 1 fully saturated rings. The number of carbonyl (C=O) groups is 1. The Kier molecular flexibility index (Phi) is 5.21. The van der Waals surface area contributed by atoms with Gasteiger partial charge in [-0.15, -0.1) is 0 Å². The maximum absolute atomic E-state index is 12.4. The average molecular weight is 322 g/mol. The molecule has 1 amide bonds. The molecule has 0 aromatic carbocycles. The number of hydrogen-bond acceptors (Lipinski definition) is 5. The average Bonchev–Trinajstić information content (AvgIpc) is 2.49. The molecular weight excluding hydrogens is 296 g/mol. The largest absolute Gasteiger partial charge is 0.391 e. The summed E-state index contributed by atoms with van der Waals surface area (Å²) >= 11 is 0. The number of aliphatic hydroxyl groups excluding tert-OH is 1. The van der Waals surface area contributed by atoms with Crippen molar-refractivity contribution in [1.82, 2.24) is 19.6 Å². The van der Waals surface area contributed by atoms with Crippen molar-refractivity contribution in [3.63, 3.8) is 0 Å². The van der Waals surface area contributed by atoms with Crippen molar-refractivity contribution in [2.75, 3.05) is 32.7 Å². The number of β-amino-alcohol motifs (C(OH)–C–C–N with tert-alkyl or cyclic N) is 1. The summed E-state index contributed by atoms with van der Waals surface area (Å²) in [7, 11) is 1.53. The fourth-order valence-electron chi connectivity index (χ4n) is 2.43. The number of aromatic nitrogens is 2. The molecule has 2 heterocycles. The zero-order valence-electron chi connectivity index (χ0n) is 14.3. The second kappa shape index (κ2) is 6.80. The van der Waals surface area contributed by atoms with Crippen molar-refractivity contribution in [3.8, 4) is 0 Å². The Morgan fingerprint density at radius 2 is 1.87 bits per heavy atom. The SMILES string of the molecule is Cn1nc(C(=O)N2CCN(C[C@@H](O)C(C)(C)C)CC2)ccc1=O. The Morgan fingerprint density at radius 3 is 2.39 bits per heavy atom. The lowest BCUT2D eigenvalue weighted by Gasteiger charge is -2.37. The smallest absolute Gasteiger partial charge is 0.274 e. The van der Waals surface area contributed by atoms with Crippen molar-refractivity contribution in [1.29, 1.82) is 0 Å². The van der Waals surface area contributed by atoms with E-state index < -0.39 is 6.10 Å². The third-order valence-corrected chi connectivity index (χ3v) is 4.27. The molecule has 1 aliphatic heterocycles. The first-order valence-electron chi connectivity index (χ1n) is 7.92. The van der Waals surface area contributed by atoms with Gasteiger partial charge in [-0.1, -0.05) is 20.8 Å². The molecule has 0 aliphatic carbocycles. The maximum atomic E-state index is 12.4. The fraction of sp³-hybridized carbons (Fsp3) is 0.688. The number of aliphatic hydroxyl groups is 1. The normalized spacial score (nSPS) is 18.0. The van der Waals surface area contributed by atoms with Crippen LogP contribution in [0.4, 0.5) is 0 Å². The molecule has 1 atom stereocenters. The molecule has 0 saturated carbocycles.